The van der Waals surface area contributed by atoms with Crippen LogP contribution >= 0.6 is 0 Å². The van der Waals surface area contributed by atoms with E-state index in [9.17, 15) is 9.59 Å². The van der Waals surface area contributed by atoms with Gasteiger partial charge in [0.1, 0.15) is 5.69 Å². The smallest absolute Gasteiger partial charge is 0.308 e. The van der Waals surface area contributed by atoms with Crippen molar-refractivity contribution in [1.29, 1.82) is 0 Å². The Balaban J connectivity index is 2.75. The van der Waals surface area contributed by atoms with Crippen molar-refractivity contribution in [2.45, 2.75) is 39.8 Å². The van der Waals surface area contributed by atoms with Crippen molar-refractivity contribution in [3.05, 3.63) is 23.9 Å². The second-order valence-corrected chi connectivity index (χ2v) is 4.92. The number of carboxylic acid groups (broad SMARTS) is 1. The first-order valence-electron chi connectivity index (χ1n) is 6.48. The van der Waals surface area contributed by atoms with E-state index in [0.717, 1.165) is 0 Å². The third-order valence-corrected chi connectivity index (χ3v) is 2.81. The highest BCUT2D eigenvalue weighted by atomic mass is 16.5. The number of aliphatic carboxylic acids is 1. The molecule has 0 spiro atoms. The number of pyridine rings is 1. The second kappa shape index (κ2) is 6.88. The molecule has 0 aromatic carbocycles. The summed E-state index contributed by atoms with van der Waals surface area (Å²) in [5.41, 5.74) is 0.201. The maximum atomic E-state index is 12.0. The number of carboxylic acids is 1. The first kappa shape index (κ1) is 15.9. The summed E-state index contributed by atoms with van der Waals surface area (Å²) in [7, 11) is 0. The molecule has 110 valence electrons. The van der Waals surface area contributed by atoms with Crippen molar-refractivity contribution in [2.24, 2.45) is 5.92 Å². The van der Waals surface area contributed by atoms with Crippen LogP contribution < -0.4 is 10.1 Å². The molecule has 0 aliphatic heterocycles. The molecule has 0 fully saturated rings. The van der Waals surface area contributed by atoms with Crippen LogP contribution in [0.15, 0.2) is 18.2 Å². The number of carbonyl (C=O) groups is 2. The largest absolute Gasteiger partial charge is 0.481 e. The van der Waals surface area contributed by atoms with Gasteiger partial charge in [0.15, 0.2) is 0 Å². The molecule has 1 rings (SSSR count). The Morgan fingerprint density at radius 3 is 2.45 bits per heavy atom. The lowest BCUT2D eigenvalue weighted by molar-refractivity contribution is -0.141. The van der Waals surface area contributed by atoms with Gasteiger partial charge < -0.3 is 15.2 Å². The molecule has 6 nitrogen and oxygen atoms in total. The van der Waals surface area contributed by atoms with Gasteiger partial charge in [0, 0.05) is 12.1 Å². The lowest BCUT2D eigenvalue weighted by atomic mass is 10.0. The summed E-state index contributed by atoms with van der Waals surface area (Å²) in [5, 5.41) is 11.5. The Hall–Kier alpha value is -2.11. The molecule has 0 saturated heterocycles. The van der Waals surface area contributed by atoms with Crippen LogP contribution in [0.4, 0.5) is 0 Å². The van der Waals surface area contributed by atoms with E-state index in [2.05, 4.69) is 10.3 Å². The zero-order valence-corrected chi connectivity index (χ0v) is 12.1. The average Bonchev–Trinajstić information content (AvgIpc) is 2.37. The molecule has 0 aliphatic carbocycles. The number of hydrogen-bond donors (Lipinski definition) is 2. The summed E-state index contributed by atoms with van der Waals surface area (Å²) in [5.74, 6) is -1.68. The Labute approximate surface area is 118 Å². The fourth-order valence-corrected chi connectivity index (χ4v) is 1.47. The molecule has 1 heterocycles. The van der Waals surface area contributed by atoms with Gasteiger partial charge in [-0.2, -0.15) is 0 Å². The van der Waals surface area contributed by atoms with Gasteiger partial charge in [-0.25, -0.2) is 4.98 Å². The lowest BCUT2D eigenvalue weighted by Crippen LogP contribution is -2.40. The minimum Gasteiger partial charge on any atom is -0.481 e. The summed E-state index contributed by atoms with van der Waals surface area (Å²) >= 11 is 0. The van der Waals surface area contributed by atoms with Gasteiger partial charge in [-0.3, -0.25) is 9.59 Å². The topological polar surface area (TPSA) is 88.5 Å². The highest BCUT2D eigenvalue weighted by Crippen LogP contribution is 2.10. The number of amides is 1. The SMILES string of the molecule is CC(C)Oc1cccc(C(=O)NC(C)C(C)C(=O)O)n1. The van der Waals surface area contributed by atoms with E-state index in [-0.39, 0.29) is 11.8 Å². The van der Waals surface area contributed by atoms with Crippen molar-refractivity contribution < 1.29 is 19.4 Å². The first-order chi connectivity index (χ1) is 9.31. The Bertz CT molecular complexity index is 488. The highest BCUT2D eigenvalue weighted by Gasteiger charge is 2.22. The van der Waals surface area contributed by atoms with Crippen molar-refractivity contribution in [3.63, 3.8) is 0 Å². The molecule has 1 aromatic rings. The number of rotatable bonds is 6. The normalized spacial score (nSPS) is 13.7. The number of nitrogens with zero attached hydrogens (tertiary/aromatic N) is 1. The van der Waals surface area contributed by atoms with Crippen LogP contribution in [0.3, 0.4) is 0 Å². The van der Waals surface area contributed by atoms with Crippen LogP contribution in [0.1, 0.15) is 38.2 Å². The number of carbonyl (C=O) groups excluding carboxylic acids is 1. The zero-order valence-electron chi connectivity index (χ0n) is 12.1. The summed E-state index contributed by atoms with van der Waals surface area (Å²) in [6.45, 7) is 6.92. The standard InChI is InChI=1S/C14H20N2O4/c1-8(2)20-12-7-5-6-11(16-12)13(17)15-10(4)9(3)14(18)19/h5-10H,1-4H3,(H,15,17)(H,18,19). The molecule has 2 unspecified atom stereocenters. The fourth-order valence-electron chi connectivity index (χ4n) is 1.47. The monoisotopic (exact) mass is 280 g/mol. The minimum atomic E-state index is -0.956. The fraction of sp³-hybridized carbons (Fsp3) is 0.500. The van der Waals surface area contributed by atoms with Crippen molar-refractivity contribution in [1.82, 2.24) is 10.3 Å². The lowest BCUT2D eigenvalue weighted by Gasteiger charge is -2.17. The molecule has 1 aromatic heterocycles. The van der Waals surface area contributed by atoms with Crippen LogP contribution in [-0.4, -0.2) is 34.1 Å². The predicted octanol–water partition coefficient (Wildman–Crippen LogP) is 1.71. The summed E-state index contributed by atoms with van der Waals surface area (Å²) in [4.78, 5) is 26.9. The summed E-state index contributed by atoms with van der Waals surface area (Å²) in [6.07, 6.45) is -0.0354. The van der Waals surface area contributed by atoms with E-state index in [4.69, 9.17) is 9.84 Å². The Kier molecular flexibility index (Phi) is 5.49. The van der Waals surface area contributed by atoms with E-state index in [1.54, 1.807) is 32.0 Å². The Morgan fingerprint density at radius 2 is 1.90 bits per heavy atom. The van der Waals surface area contributed by atoms with E-state index in [1.807, 2.05) is 13.8 Å². The first-order valence-corrected chi connectivity index (χ1v) is 6.48. The highest BCUT2D eigenvalue weighted by molar-refractivity contribution is 5.92. The molecule has 20 heavy (non-hydrogen) atoms. The van der Waals surface area contributed by atoms with Gasteiger partial charge >= 0.3 is 5.97 Å². The Morgan fingerprint density at radius 1 is 1.25 bits per heavy atom. The quantitative estimate of drug-likeness (QED) is 0.828. The van der Waals surface area contributed by atoms with Crippen LogP contribution in [0.25, 0.3) is 0 Å². The van der Waals surface area contributed by atoms with Gasteiger partial charge in [-0.1, -0.05) is 6.07 Å². The van der Waals surface area contributed by atoms with E-state index in [0.29, 0.717) is 5.88 Å². The number of hydrogen-bond acceptors (Lipinski definition) is 4. The summed E-state index contributed by atoms with van der Waals surface area (Å²) < 4.78 is 5.41. The second-order valence-electron chi connectivity index (χ2n) is 4.92. The molecule has 1 amide bonds. The van der Waals surface area contributed by atoms with Gasteiger partial charge in [0.2, 0.25) is 5.88 Å². The third-order valence-electron chi connectivity index (χ3n) is 2.81. The van der Waals surface area contributed by atoms with E-state index < -0.39 is 23.8 Å². The number of nitrogens with one attached hydrogen (secondary N) is 1. The van der Waals surface area contributed by atoms with E-state index >= 15 is 0 Å². The molecule has 0 aliphatic rings. The summed E-state index contributed by atoms with van der Waals surface area (Å²) in [6, 6.07) is 4.41. The van der Waals surface area contributed by atoms with Gasteiger partial charge in [0.25, 0.3) is 5.91 Å². The van der Waals surface area contributed by atoms with Crippen LogP contribution in [0.2, 0.25) is 0 Å². The van der Waals surface area contributed by atoms with Crippen molar-refractivity contribution in [3.8, 4) is 5.88 Å². The molecular formula is C14H20N2O4. The average molecular weight is 280 g/mol. The number of ether oxygens (including phenoxy) is 1. The van der Waals surface area contributed by atoms with Crippen LogP contribution in [0.5, 0.6) is 5.88 Å². The molecule has 2 N–H and O–H groups in total. The molecule has 0 radical (unpaired) electrons. The molecule has 0 bridgehead atoms. The van der Waals surface area contributed by atoms with Crippen molar-refractivity contribution >= 4 is 11.9 Å². The molecule has 0 saturated carbocycles. The minimum absolute atomic E-state index is 0.0354. The van der Waals surface area contributed by atoms with Crippen LogP contribution in [-0.2, 0) is 4.79 Å². The molecule has 2 atom stereocenters. The molecular weight excluding hydrogens is 260 g/mol. The molecule has 6 heteroatoms. The predicted molar refractivity (Wildman–Crippen MR) is 73.7 cm³/mol. The van der Waals surface area contributed by atoms with Crippen LogP contribution in [0, 0.1) is 5.92 Å². The van der Waals surface area contributed by atoms with E-state index in [1.165, 1.54) is 0 Å². The number of aromatic nitrogens is 1. The maximum Gasteiger partial charge on any atom is 0.308 e. The zero-order chi connectivity index (χ0) is 15.3. The van der Waals surface area contributed by atoms with Gasteiger partial charge in [0.05, 0.1) is 12.0 Å². The third kappa shape index (κ3) is 4.53. The van der Waals surface area contributed by atoms with Crippen molar-refractivity contribution in [2.75, 3.05) is 0 Å². The maximum absolute atomic E-state index is 12.0. The van der Waals surface area contributed by atoms with Gasteiger partial charge in [-0.05, 0) is 33.8 Å². The van der Waals surface area contributed by atoms with Gasteiger partial charge in [-0.15, -0.1) is 0 Å².